The summed E-state index contributed by atoms with van der Waals surface area (Å²) in [5.74, 6) is 0.502. The Bertz CT molecular complexity index is 701. The van der Waals surface area contributed by atoms with Crippen LogP contribution in [0.5, 0.6) is 0 Å². The summed E-state index contributed by atoms with van der Waals surface area (Å²) in [4.78, 5) is 17.2. The van der Waals surface area contributed by atoms with Crippen LogP contribution in [0.25, 0.3) is 0 Å². The standard InChI is InChI=1S/C21H28N2O2.ClH/c1-16-11-13-25-20(16)21(24)23-15-17(2)22(14-18(23)3)12-7-10-19-8-5-4-6-9-19;/h4-6,8-9,11,13,17-18H,7,10,12,14-15H2,1-3H3;1H/t17-,18+;/m0./s1. The molecule has 0 bridgehead atoms. The molecule has 26 heavy (non-hydrogen) atoms. The second-order valence-electron chi connectivity index (χ2n) is 7.17. The predicted molar refractivity (Wildman–Crippen MR) is 107 cm³/mol. The maximum absolute atomic E-state index is 12.8. The molecule has 1 aliphatic rings. The zero-order valence-corrected chi connectivity index (χ0v) is 16.7. The van der Waals surface area contributed by atoms with E-state index >= 15 is 0 Å². The minimum Gasteiger partial charge on any atom is -0.459 e. The molecule has 0 N–H and O–H groups in total. The van der Waals surface area contributed by atoms with Crippen LogP contribution in [-0.4, -0.2) is 47.4 Å². The van der Waals surface area contributed by atoms with Gasteiger partial charge in [0.15, 0.2) is 5.76 Å². The van der Waals surface area contributed by atoms with Gasteiger partial charge in [-0.1, -0.05) is 30.3 Å². The van der Waals surface area contributed by atoms with Crippen LogP contribution in [0.4, 0.5) is 0 Å². The van der Waals surface area contributed by atoms with Gasteiger partial charge in [-0.25, -0.2) is 0 Å². The van der Waals surface area contributed by atoms with E-state index in [4.69, 9.17) is 4.42 Å². The van der Waals surface area contributed by atoms with Crippen molar-refractivity contribution in [1.29, 1.82) is 0 Å². The summed E-state index contributed by atoms with van der Waals surface area (Å²) in [6.07, 6.45) is 3.84. The number of rotatable bonds is 5. The molecule has 2 heterocycles. The smallest absolute Gasteiger partial charge is 0.290 e. The van der Waals surface area contributed by atoms with Crippen molar-refractivity contribution in [3.63, 3.8) is 0 Å². The van der Waals surface area contributed by atoms with E-state index in [9.17, 15) is 4.79 Å². The van der Waals surface area contributed by atoms with Gasteiger partial charge in [0.2, 0.25) is 0 Å². The molecule has 1 fully saturated rings. The Labute approximate surface area is 162 Å². The lowest BCUT2D eigenvalue weighted by atomic mass is 10.1. The summed E-state index contributed by atoms with van der Waals surface area (Å²) < 4.78 is 5.40. The second kappa shape index (κ2) is 9.24. The van der Waals surface area contributed by atoms with Crippen molar-refractivity contribution in [3.8, 4) is 0 Å². The predicted octanol–water partition coefficient (Wildman–Crippen LogP) is 4.18. The highest BCUT2D eigenvalue weighted by Gasteiger charge is 2.33. The van der Waals surface area contributed by atoms with E-state index in [1.54, 1.807) is 6.26 Å². The maximum Gasteiger partial charge on any atom is 0.290 e. The lowest BCUT2D eigenvalue weighted by Gasteiger charge is -2.44. The number of benzene rings is 1. The van der Waals surface area contributed by atoms with E-state index in [1.165, 1.54) is 5.56 Å². The third kappa shape index (κ3) is 4.68. The quantitative estimate of drug-likeness (QED) is 0.785. The maximum atomic E-state index is 12.8. The SMILES string of the molecule is Cc1ccoc1C(=O)N1C[C@H](C)N(CCCc2ccccc2)C[C@H]1C.Cl. The van der Waals surface area contributed by atoms with E-state index in [0.29, 0.717) is 11.8 Å². The number of amides is 1. The molecule has 142 valence electrons. The van der Waals surface area contributed by atoms with Crippen LogP contribution >= 0.6 is 12.4 Å². The Kier molecular flexibility index (Phi) is 7.30. The van der Waals surface area contributed by atoms with Gasteiger partial charge in [-0.05, 0) is 51.8 Å². The number of carbonyl (C=O) groups excluding carboxylic acids is 1. The fraction of sp³-hybridized carbons (Fsp3) is 0.476. The highest BCUT2D eigenvalue weighted by atomic mass is 35.5. The number of nitrogens with zero attached hydrogens (tertiary/aromatic N) is 2. The van der Waals surface area contributed by atoms with E-state index < -0.39 is 0 Å². The van der Waals surface area contributed by atoms with Crippen LogP contribution in [0.2, 0.25) is 0 Å². The molecular formula is C21H29ClN2O2. The summed E-state index contributed by atoms with van der Waals surface area (Å²) in [6, 6.07) is 13.0. The zero-order valence-electron chi connectivity index (χ0n) is 15.9. The van der Waals surface area contributed by atoms with Gasteiger partial charge in [0, 0.05) is 30.7 Å². The highest BCUT2D eigenvalue weighted by molar-refractivity contribution is 5.93. The van der Waals surface area contributed by atoms with Gasteiger partial charge < -0.3 is 9.32 Å². The number of aryl methyl sites for hydroxylation is 2. The molecule has 2 atom stereocenters. The summed E-state index contributed by atoms with van der Waals surface area (Å²) in [7, 11) is 0. The van der Waals surface area contributed by atoms with Crippen molar-refractivity contribution in [3.05, 3.63) is 59.5 Å². The van der Waals surface area contributed by atoms with Crippen LogP contribution in [0.1, 0.15) is 41.9 Å². The van der Waals surface area contributed by atoms with E-state index in [0.717, 1.165) is 38.0 Å². The molecule has 0 unspecified atom stereocenters. The van der Waals surface area contributed by atoms with Crippen molar-refractivity contribution >= 4 is 18.3 Å². The number of hydrogen-bond acceptors (Lipinski definition) is 3. The van der Waals surface area contributed by atoms with E-state index in [1.807, 2.05) is 17.9 Å². The molecule has 1 amide bonds. The van der Waals surface area contributed by atoms with Gasteiger partial charge in [0.25, 0.3) is 5.91 Å². The van der Waals surface area contributed by atoms with Gasteiger partial charge in [0.1, 0.15) is 0 Å². The first-order valence-electron chi connectivity index (χ1n) is 9.19. The number of furan rings is 1. The molecule has 0 spiro atoms. The Morgan fingerprint density at radius 3 is 2.50 bits per heavy atom. The molecule has 5 heteroatoms. The molecule has 4 nitrogen and oxygen atoms in total. The van der Waals surface area contributed by atoms with Crippen LogP contribution in [0.3, 0.4) is 0 Å². The first-order chi connectivity index (χ1) is 12.1. The monoisotopic (exact) mass is 376 g/mol. The van der Waals surface area contributed by atoms with Crippen molar-refractivity contribution in [1.82, 2.24) is 9.80 Å². The van der Waals surface area contributed by atoms with Gasteiger partial charge >= 0.3 is 0 Å². The third-order valence-corrected chi connectivity index (χ3v) is 5.19. The zero-order chi connectivity index (χ0) is 17.8. The normalized spacial score (nSPS) is 20.7. The number of halogens is 1. The third-order valence-electron chi connectivity index (χ3n) is 5.19. The molecule has 1 saturated heterocycles. The van der Waals surface area contributed by atoms with Gasteiger partial charge in [0.05, 0.1) is 6.26 Å². The van der Waals surface area contributed by atoms with Crippen molar-refractivity contribution in [2.45, 2.75) is 45.7 Å². The summed E-state index contributed by atoms with van der Waals surface area (Å²) in [5, 5.41) is 0. The molecule has 0 aliphatic carbocycles. The van der Waals surface area contributed by atoms with E-state index in [-0.39, 0.29) is 24.4 Å². The van der Waals surface area contributed by atoms with Gasteiger partial charge in [-0.15, -0.1) is 12.4 Å². The largest absolute Gasteiger partial charge is 0.459 e. The summed E-state index contributed by atoms with van der Waals surface area (Å²) in [5.41, 5.74) is 2.31. The average molecular weight is 377 g/mol. The molecule has 1 aromatic heterocycles. The van der Waals surface area contributed by atoms with Gasteiger partial charge in [-0.2, -0.15) is 0 Å². The molecule has 0 saturated carbocycles. The van der Waals surface area contributed by atoms with Crippen molar-refractivity contribution in [2.75, 3.05) is 19.6 Å². The van der Waals surface area contributed by atoms with Crippen LogP contribution in [-0.2, 0) is 6.42 Å². The Balaban J connectivity index is 0.00000243. The number of hydrogen-bond donors (Lipinski definition) is 0. The highest BCUT2D eigenvalue weighted by Crippen LogP contribution is 2.20. The first kappa shape index (κ1) is 20.5. The molecule has 1 aliphatic heterocycles. The van der Waals surface area contributed by atoms with Crippen LogP contribution < -0.4 is 0 Å². The van der Waals surface area contributed by atoms with Gasteiger partial charge in [-0.3, -0.25) is 9.69 Å². The average Bonchev–Trinajstić information content (AvgIpc) is 3.04. The second-order valence-corrected chi connectivity index (χ2v) is 7.17. The first-order valence-corrected chi connectivity index (χ1v) is 9.19. The summed E-state index contributed by atoms with van der Waals surface area (Å²) >= 11 is 0. The van der Waals surface area contributed by atoms with Crippen LogP contribution in [0.15, 0.2) is 47.1 Å². The molecule has 0 radical (unpaired) electrons. The Hall–Kier alpha value is -1.78. The Morgan fingerprint density at radius 2 is 1.85 bits per heavy atom. The van der Waals surface area contributed by atoms with E-state index in [2.05, 4.69) is 49.1 Å². The molecular weight excluding hydrogens is 348 g/mol. The fourth-order valence-corrected chi connectivity index (χ4v) is 3.65. The topological polar surface area (TPSA) is 36.7 Å². The lowest BCUT2D eigenvalue weighted by Crippen LogP contribution is -2.58. The summed E-state index contributed by atoms with van der Waals surface area (Å²) in [6.45, 7) is 9.01. The number of carbonyl (C=O) groups is 1. The minimum absolute atomic E-state index is 0. The van der Waals surface area contributed by atoms with Crippen LogP contribution in [0, 0.1) is 6.92 Å². The van der Waals surface area contributed by atoms with Crippen molar-refractivity contribution < 1.29 is 9.21 Å². The Morgan fingerprint density at radius 1 is 1.12 bits per heavy atom. The number of piperazine rings is 1. The molecule has 3 rings (SSSR count). The molecule has 1 aromatic carbocycles. The fourth-order valence-electron chi connectivity index (χ4n) is 3.65. The van der Waals surface area contributed by atoms with Crippen molar-refractivity contribution in [2.24, 2.45) is 0 Å². The minimum atomic E-state index is 0. The lowest BCUT2D eigenvalue weighted by molar-refractivity contribution is 0.0290. The molecule has 2 aromatic rings.